The fourth-order valence-corrected chi connectivity index (χ4v) is 1.78. The van der Waals surface area contributed by atoms with Crippen molar-refractivity contribution < 1.29 is 23.1 Å². The molecule has 2 rings (SSSR count). The van der Waals surface area contributed by atoms with Gasteiger partial charge in [0.15, 0.2) is 5.84 Å². The zero-order chi connectivity index (χ0) is 15.5. The lowest BCUT2D eigenvalue weighted by Crippen LogP contribution is -2.18. The van der Waals surface area contributed by atoms with Crippen LogP contribution in [0, 0.1) is 0 Å². The average molecular weight is 299 g/mol. The molecule has 2 aromatic rings. The third-order valence-corrected chi connectivity index (χ3v) is 2.74. The molecule has 0 spiro atoms. The number of halogens is 3. The van der Waals surface area contributed by atoms with Crippen molar-refractivity contribution in [3.05, 3.63) is 36.0 Å². The van der Waals surface area contributed by atoms with E-state index in [-0.39, 0.29) is 17.1 Å². The van der Waals surface area contributed by atoms with Crippen molar-refractivity contribution in [2.24, 2.45) is 10.9 Å². The maximum atomic E-state index is 12.2. The number of fused-ring (bicyclic) bond motifs is 1. The molecule has 8 heteroatoms. The van der Waals surface area contributed by atoms with Crippen LogP contribution in [0.2, 0.25) is 0 Å². The molecule has 3 N–H and O–H groups in total. The van der Waals surface area contributed by atoms with E-state index in [9.17, 15) is 13.2 Å². The Morgan fingerprint density at radius 3 is 2.71 bits per heavy atom. The van der Waals surface area contributed by atoms with E-state index in [4.69, 9.17) is 15.7 Å². The van der Waals surface area contributed by atoms with Gasteiger partial charge in [-0.3, -0.25) is 4.98 Å². The summed E-state index contributed by atoms with van der Waals surface area (Å²) >= 11 is 0. The molecule has 1 heterocycles. The van der Waals surface area contributed by atoms with Crippen LogP contribution in [0.25, 0.3) is 10.9 Å². The number of oxime groups is 1. The standard InChI is InChI=1S/C13H12F3N3O2/c14-13(15,16)5-6-21-11-8-3-1-2-4-10(8)18-7-9(11)12(17)19-20/h1-4,7,20H,5-6H2,(H2,17,19). The molecule has 0 unspecified atom stereocenters. The van der Waals surface area contributed by atoms with Crippen LogP contribution in [-0.2, 0) is 0 Å². The number of hydrogen-bond acceptors (Lipinski definition) is 4. The molecular formula is C13H12F3N3O2. The number of amidine groups is 1. The van der Waals surface area contributed by atoms with Crippen LogP contribution in [0.1, 0.15) is 12.0 Å². The molecule has 112 valence electrons. The number of nitrogens with zero attached hydrogens (tertiary/aromatic N) is 2. The molecule has 0 amide bonds. The number of ether oxygens (including phenoxy) is 1. The highest BCUT2D eigenvalue weighted by molar-refractivity contribution is 6.04. The highest BCUT2D eigenvalue weighted by Crippen LogP contribution is 2.29. The summed E-state index contributed by atoms with van der Waals surface area (Å²) in [6.07, 6.45) is -4.13. The molecule has 0 aliphatic heterocycles. The molecule has 0 aliphatic carbocycles. The number of para-hydroxylation sites is 1. The fourth-order valence-electron chi connectivity index (χ4n) is 1.78. The molecule has 5 nitrogen and oxygen atoms in total. The Kier molecular flexibility index (Phi) is 4.15. The Labute approximate surface area is 117 Å². The van der Waals surface area contributed by atoms with E-state index in [1.165, 1.54) is 6.20 Å². The lowest BCUT2D eigenvalue weighted by Gasteiger charge is -2.14. The van der Waals surface area contributed by atoms with E-state index in [1.807, 2.05) is 0 Å². The zero-order valence-electron chi connectivity index (χ0n) is 10.8. The fraction of sp³-hybridized carbons (Fsp3) is 0.231. The lowest BCUT2D eigenvalue weighted by atomic mass is 10.1. The van der Waals surface area contributed by atoms with E-state index < -0.39 is 19.2 Å². The molecule has 0 bridgehead atoms. The number of hydrogen-bond donors (Lipinski definition) is 2. The molecule has 0 saturated heterocycles. The molecule has 0 radical (unpaired) electrons. The Balaban J connectivity index is 2.41. The van der Waals surface area contributed by atoms with Gasteiger partial charge in [-0.2, -0.15) is 13.2 Å². The van der Waals surface area contributed by atoms with Crippen molar-refractivity contribution in [3.8, 4) is 5.75 Å². The molecule has 1 aromatic heterocycles. The first-order valence-electron chi connectivity index (χ1n) is 5.97. The summed E-state index contributed by atoms with van der Waals surface area (Å²) in [5, 5.41) is 12.1. The van der Waals surface area contributed by atoms with Gasteiger partial charge in [0.1, 0.15) is 5.75 Å². The summed E-state index contributed by atoms with van der Waals surface area (Å²) in [4.78, 5) is 4.09. The third kappa shape index (κ3) is 3.53. The SMILES string of the molecule is N/C(=N/O)c1cnc2ccccc2c1OCCC(F)(F)F. The van der Waals surface area contributed by atoms with Crippen LogP contribution in [0.5, 0.6) is 5.75 Å². The summed E-state index contributed by atoms with van der Waals surface area (Å²) in [5.41, 5.74) is 6.17. The Morgan fingerprint density at radius 2 is 2.05 bits per heavy atom. The normalized spacial score (nSPS) is 12.6. The average Bonchev–Trinajstić information content (AvgIpc) is 2.45. The van der Waals surface area contributed by atoms with E-state index >= 15 is 0 Å². The first kappa shape index (κ1) is 14.9. The summed E-state index contributed by atoms with van der Waals surface area (Å²) in [7, 11) is 0. The van der Waals surface area contributed by atoms with Crippen molar-refractivity contribution in [2.75, 3.05) is 6.61 Å². The summed E-state index contributed by atoms with van der Waals surface area (Å²) in [6.45, 7) is -0.566. The summed E-state index contributed by atoms with van der Waals surface area (Å²) in [6, 6.07) is 6.75. The summed E-state index contributed by atoms with van der Waals surface area (Å²) in [5.74, 6) is -0.171. The smallest absolute Gasteiger partial charge is 0.392 e. The molecule has 0 atom stereocenters. The van der Waals surface area contributed by atoms with Gasteiger partial charge in [0, 0.05) is 11.6 Å². The number of rotatable bonds is 4. The third-order valence-electron chi connectivity index (χ3n) is 2.74. The second-order valence-corrected chi connectivity index (χ2v) is 4.22. The van der Waals surface area contributed by atoms with Gasteiger partial charge in [0.05, 0.1) is 24.1 Å². The minimum atomic E-state index is -4.32. The van der Waals surface area contributed by atoms with Gasteiger partial charge in [-0.1, -0.05) is 17.3 Å². The number of alkyl halides is 3. The van der Waals surface area contributed by atoms with Crippen molar-refractivity contribution in [2.45, 2.75) is 12.6 Å². The minimum Gasteiger partial charge on any atom is -0.492 e. The summed E-state index contributed by atoms with van der Waals surface area (Å²) < 4.78 is 41.9. The first-order valence-corrected chi connectivity index (χ1v) is 5.97. The van der Waals surface area contributed by atoms with Gasteiger partial charge >= 0.3 is 6.18 Å². The van der Waals surface area contributed by atoms with Crippen LogP contribution in [0.3, 0.4) is 0 Å². The van der Waals surface area contributed by atoms with Crippen LogP contribution in [0.15, 0.2) is 35.6 Å². The predicted octanol–water partition coefficient (Wildman–Crippen LogP) is 2.66. The molecule has 1 aromatic carbocycles. The second kappa shape index (κ2) is 5.86. The van der Waals surface area contributed by atoms with Crippen molar-refractivity contribution in [1.29, 1.82) is 0 Å². The monoisotopic (exact) mass is 299 g/mol. The molecular weight excluding hydrogens is 287 g/mol. The quantitative estimate of drug-likeness (QED) is 0.393. The molecule has 0 aliphatic rings. The number of aromatic nitrogens is 1. The van der Waals surface area contributed by atoms with Gasteiger partial charge in [-0.25, -0.2) is 0 Å². The van der Waals surface area contributed by atoms with Gasteiger partial charge in [0.2, 0.25) is 0 Å². The van der Waals surface area contributed by atoms with Gasteiger partial charge in [0.25, 0.3) is 0 Å². The highest BCUT2D eigenvalue weighted by atomic mass is 19.4. The van der Waals surface area contributed by atoms with Crippen LogP contribution < -0.4 is 10.5 Å². The maximum absolute atomic E-state index is 12.2. The predicted molar refractivity (Wildman–Crippen MR) is 70.4 cm³/mol. The minimum absolute atomic E-state index is 0.111. The van der Waals surface area contributed by atoms with Gasteiger partial charge in [-0.05, 0) is 12.1 Å². The first-order chi connectivity index (χ1) is 9.92. The van der Waals surface area contributed by atoms with Crippen LogP contribution in [0.4, 0.5) is 13.2 Å². The van der Waals surface area contributed by atoms with Crippen LogP contribution in [-0.4, -0.2) is 28.8 Å². The van der Waals surface area contributed by atoms with Gasteiger partial charge < -0.3 is 15.7 Å². The number of benzene rings is 1. The van der Waals surface area contributed by atoms with E-state index in [0.717, 1.165) is 0 Å². The Hall–Kier alpha value is -2.51. The Bertz CT molecular complexity index is 671. The topological polar surface area (TPSA) is 80.7 Å². The largest absolute Gasteiger partial charge is 0.492 e. The van der Waals surface area contributed by atoms with E-state index in [1.54, 1.807) is 24.3 Å². The Morgan fingerprint density at radius 1 is 1.33 bits per heavy atom. The number of pyridine rings is 1. The second-order valence-electron chi connectivity index (χ2n) is 4.22. The zero-order valence-corrected chi connectivity index (χ0v) is 10.8. The molecule has 21 heavy (non-hydrogen) atoms. The van der Waals surface area contributed by atoms with Crippen molar-refractivity contribution >= 4 is 16.7 Å². The maximum Gasteiger partial charge on any atom is 0.392 e. The van der Waals surface area contributed by atoms with Crippen LogP contribution >= 0.6 is 0 Å². The van der Waals surface area contributed by atoms with Crippen molar-refractivity contribution in [1.82, 2.24) is 4.98 Å². The van der Waals surface area contributed by atoms with Crippen molar-refractivity contribution in [3.63, 3.8) is 0 Å². The molecule has 0 fully saturated rings. The lowest BCUT2D eigenvalue weighted by molar-refractivity contribution is -0.139. The highest BCUT2D eigenvalue weighted by Gasteiger charge is 2.27. The van der Waals surface area contributed by atoms with Gasteiger partial charge in [-0.15, -0.1) is 0 Å². The molecule has 0 saturated carbocycles. The van der Waals surface area contributed by atoms with E-state index in [0.29, 0.717) is 10.9 Å². The number of nitrogens with two attached hydrogens (primary N) is 1. The van der Waals surface area contributed by atoms with E-state index in [2.05, 4.69) is 10.1 Å².